The predicted molar refractivity (Wildman–Crippen MR) is 141 cm³/mol. The smallest absolute Gasteiger partial charge is 0.355 e. The lowest BCUT2D eigenvalue weighted by molar-refractivity contribution is -0.153. The summed E-state index contributed by atoms with van der Waals surface area (Å²) < 4.78 is 10.8. The van der Waals surface area contributed by atoms with Crippen molar-refractivity contribution in [2.75, 3.05) is 12.9 Å². The Hall–Kier alpha value is -4.04. The molecule has 5 rings (SSSR count). The van der Waals surface area contributed by atoms with Crippen molar-refractivity contribution >= 4 is 35.1 Å². The number of benzene rings is 3. The quantitative estimate of drug-likeness (QED) is 0.364. The van der Waals surface area contributed by atoms with Gasteiger partial charge in [-0.25, -0.2) is 4.79 Å². The molecule has 0 unspecified atom stereocenters. The van der Waals surface area contributed by atoms with Crippen LogP contribution in [0.4, 0.5) is 0 Å². The number of ether oxygens (including phenoxy) is 2. The van der Waals surface area contributed by atoms with Crippen molar-refractivity contribution in [1.29, 1.82) is 0 Å². The lowest BCUT2D eigenvalue weighted by Crippen LogP contribution is -2.70. The molecular formula is C29H26N2O5S. The van der Waals surface area contributed by atoms with Gasteiger partial charge in [0.05, 0.1) is 13.5 Å². The highest BCUT2D eigenvalue weighted by atomic mass is 32.2. The third-order valence-electron chi connectivity index (χ3n) is 6.34. The van der Waals surface area contributed by atoms with Crippen LogP contribution in [0.25, 0.3) is 5.57 Å². The maximum Gasteiger partial charge on any atom is 0.355 e. The number of fused-ring (bicyclic) bond motifs is 1. The molecule has 37 heavy (non-hydrogen) atoms. The molecular weight excluding hydrogens is 488 g/mol. The summed E-state index contributed by atoms with van der Waals surface area (Å²) in [6, 6.07) is 25.4. The van der Waals surface area contributed by atoms with Crippen molar-refractivity contribution in [3.63, 3.8) is 0 Å². The molecule has 2 atom stereocenters. The normalized spacial score (nSPS) is 18.5. The van der Waals surface area contributed by atoms with Gasteiger partial charge >= 0.3 is 5.97 Å². The fraction of sp³-hybridized carbons (Fsp3) is 0.207. The topological polar surface area (TPSA) is 84.9 Å². The Balaban J connectivity index is 1.34. The first-order valence-corrected chi connectivity index (χ1v) is 13.0. The highest BCUT2D eigenvalue weighted by Crippen LogP contribution is 2.43. The molecule has 7 nitrogen and oxygen atoms in total. The van der Waals surface area contributed by atoms with Gasteiger partial charge in [-0.1, -0.05) is 72.8 Å². The molecule has 8 heteroatoms. The number of thioether (sulfide) groups is 1. The van der Waals surface area contributed by atoms with Crippen LogP contribution in [0.3, 0.4) is 0 Å². The molecule has 3 aromatic rings. The van der Waals surface area contributed by atoms with Gasteiger partial charge in [0.2, 0.25) is 5.91 Å². The number of nitrogens with zero attached hydrogens (tertiary/aromatic N) is 1. The van der Waals surface area contributed by atoms with E-state index < -0.39 is 12.0 Å². The first-order valence-electron chi connectivity index (χ1n) is 11.9. The number of nitrogens with one attached hydrogen (secondary N) is 1. The standard InChI is InChI=1S/C29H26N2O5S/c1-35-22-14-12-20(13-15-22)17-36-29(34)26-23(21-10-6-3-7-11-21)18-37-28-25(27(33)31(26)28)30-24(32)16-19-8-4-2-5-9-19/h2-15,25,28H,16-18H2,1H3,(H,30,32)/t25-,28-/m1/s1. The van der Waals surface area contributed by atoms with Crippen LogP contribution >= 0.6 is 11.8 Å². The zero-order valence-corrected chi connectivity index (χ0v) is 21.1. The second-order valence-electron chi connectivity index (χ2n) is 8.73. The van der Waals surface area contributed by atoms with Crippen LogP contribution in [-0.4, -0.2) is 47.0 Å². The van der Waals surface area contributed by atoms with E-state index in [0.29, 0.717) is 11.5 Å². The van der Waals surface area contributed by atoms with Crippen molar-refractivity contribution in [3.05, 3.63) is 107 Å². The van der Waals surface area contributed by atoms with Gasteiger partial charge in [-0.3, -0.25) is 14.5 Å². The maximum atomic E-state index is 13.4. The largest absolute Gasteiger partial charge is 0.497 e. The van der Waals surface area contributed by atoms with Crippen LogP contribution in [0, 0.1) is 0 Å². The van der Waals surface area contributed by atoms with E-state index >= 15 is 0 Å². The summed E-state index contributed by atoms with van der Waals surface area (Å²) in [5, 5.41) is 2.49. The Kier molecular flexibility index (Phi) is 7.28. The van der Waals surface area contributed by atoms with Gasteiger partial charge in [0, 0.05) is 11.3 Å². The molecule has 1 saturated heterocycles. The maximum absolute atomic E-state index is 13.4. The minimum absolute atomic E-state index is 0.0610. The minimum atomic E-state index is -0.692. The summed E-state index contributed by atoms with van der Waals surface area (Å²) in [4.78, 5) is 40.8. The Morgan fingerprint density at radius 3 is 2.30 bits per heavy atom. The van der Waals surface area contributed by atoms with Gasteiger partial charge in [0.25, 0.3) is 5.91 Å². The fourth-order valence-corrected chi connectivity index (χ4v) is 5.79. The van der Waals surface area contributed by atoms with Gasteiger partial charge in [0.1, 0.15) is 29.5 Å². The highest BCUT2D eigenvalue weighted by molar-refractivity contribution is 8.00. The van der Waals surface area contributed by atoms with Gasteiger partial charge < -0.3 is 14.8 Å². The second-order valence-corrected chi connectivity index (χ2v) is 9.84. The van der Waals surface area contributed by atoms with E-state index in [1.165, 1.54) is 16.7 Å². The zero-order valence-electron chi connectivity index (χ0n) is 20.3. The summed E-state index contributed by atoms with van der Waals surface area (Å²) in [7, 11) is 1.59. The molecule has 0 saturated carbocycles. The van der Waals surface area contributed by atoms with E-state index in [-0.39, 0.29) is 35.9 Å². The minimum Gasteiger partial charge on any atom is -0.497 e. The number of β-lactam (4-membered cyclic amide) rings is 1. The number of carbonyl (C=O) groups excluding carboxylic acids is 3. The van der Waals surface area contributed by atoms with Gasteiger partial charge in [-0.05, 0) is 28.8 Å². The lowest BCUT2D eigenvalue weighted by Gasteiger charge is -2.49. The number of hydrogen-bond donors (Lipinski definition) is 1. The van der Waals surface area contributed by atoms with Crippen molar-refractivity contribution in [3.8, 4) is 5.75 Å². The first-order chi connectivity index (χ1) is 18.0. The Morgan fingerprint density at radius 1 is 0.946 bits per heavy atom. The average Bonchev–Trinajstić information content (AvgIpc) is 2.95. The van der Waals surface area contributed by atoms with E-state index in [4.69, 9.17) is 9.47 Å². The lowest BCUT2D eigenvalue weighted by atomic mass is 9.98. The highest BCUT2D eigenvalue weighted by Gasteiger charge is 2.54. The molecule has 0 aromatic heterocycles. The summed E-state index contributed by atoms with van der Waals surface area (Å²) >= 11 is 1.53. The van der Waals surface area contributed by atoms with Crippen LogP contribution in [0.5, 0.6) is 5.75 Å². The average molecular weight is 515 g/mol. The number of esters is 1. The Labute approximate surface area is 219 Å². The first kappa shape index (κ1) is 24.6. The molecule has 2 aliphatic heterocycles. The SMILES string of the molecule is COc1ccc(COC(=O)C2=C(c3ccccc3)CS[C@@H]3[C@H](NC(=O)Cc4ccccc4)C(=O)N23)cc1. The van der Waals surface area contributed by atoms with Crippen molar-refractivity contribution in [2.24, 2.45) is 0 Å². The summed E-state index contributed by atoms with van der Waals surface area (Å²) in [5.74, 6) is 0.108. The molecule has 0 spiro atoms. The van der Waals surface area contributed by atoms with E-state index in [2.05, 4.69) is 5.32 Å². The Morgan fingerprint density at radius 2 is 1.62 bits per heavy atom. The van der Waals surface area contributed by atoms with Gasteiger partial charge in [-0.2, -0.15) is 0 Å². The number of hydrogen-bond acceptors (Lipinski definition) is 6. The number of rotatable bonds is 8. The van der Waals surface area contributed by atoms with E-state index in [9.17, 15) is 14.4 Å². The molecule has 2 heterocycles. The molecule has 0 radical (unpaired) electrons. The van der Waals surface area contributed by atoms with Crippen LogP contribution in [0.1, 0.15) is 16.7 Å². The van der Waals surface area contributed by atoms with Crippen molar-refractivity contribution in [2.45, 2.75) is 24.4 Å². The van der Waals surface area contributed by atoms with Gasteiger partial charge in [-0.15, -0.1) is 11.8 Å². The third-order valence-corrected chi connectivity index (χ3v) is 7.62. The molecule has 0 aliphatic carbocycles. The number of methoxy groups -OCH3 is 1. The number of amides is 2. The fourth-order valence-electron chi connectivity index (χ4n) is 4.41. The van der Waals surface area contributed by atoms with Crippen molar-refractivity contribution < 1.29 is 23.9 Å². The zero-order chi connectivity index (χ0) is 25.8. The van der Waals surface area contributed by atoms with Crippen molar-refractivity contribution in [1.82, 2.24) is 10.2 Å². The molecule has 2 amide bonds. The molecule has 2 aliphatic rings. The van der Waals surface area contributed by atoms with Crippen LogP contribution in [0.2, 0.25) is 0 Å². The molecule has 3 aromatic carbocycles. The third kappa shape index (κ3) is 5.24. The van der Waals surface area contributed by atoms with Crippen LogP contribution in [-0.2, 0) is 32.1 Å². The Bertz CT molecular complexity index is 1330. The monoisotopic (exact) mass is 514 g/mol. The molecule has 1 N–H and O–H groups in total. The van der Waals surface area contributed by atoms with E-state index in [1.54, 1.807) is 19.2 Å². The predicted octanol–water partition coefficient (Wildman–Crippen LogP) is 3.79. The summed E-state index contributed by atoms with van der Waals surface area (Å²) in [5.41, 5.74) is 3.51. The van der Waals surface area contributed by atoms with E-state index in [1.807, 2.05) is 72.8 Å². The molecule has 188 valence electrons. The van der Waals surface area contributed by atoms with Gasteiger partial charge in [0.15, 0.2) is 0 Å². The molecule has 0 bridgehead atoms. The van der Waals surface area contributed by atoms with Crippen LogP contribution in [0.15, 0.2) is 90.6 Å². The second kappa shape index (κ2) is 10.9. The number of carbonyl (C=O) groups is 3. The molecule has 1 fully saturated rings. The van der Waals surface area contributed by atoms with Crippen LogP contribution < -0.4 is 10.1 Å². The summed E-state index contributed by atoms with van der Waals surface area (Å²) in [6.07, 6.45) is 0.184. The summed E-state index contributed by atoms with van der Waals surface area (Å²) in [6.45, 7) is 0.0610. The van der Waals surface area contributed by atoms with E-state index in [0.717, 1.165) is 22.3 Å².